The number of thioether (sulfide) groups is 1. The highest BCUT2D eigenvalue weighted by atomic mass is 32.2. The predicted molar refractivity (Wildman–Crippen MR) is 116 cm³/mol. The summed E-state index contributed by atoms with van der Waals surface area (Å²) >= 11 is 3.08. The molecule has 0 aliphatic rings. The van der Waals surface area contributed by atoms with Gasteiger partial charge in [0.25, 0.3) is 0 Å². The van der Waals surface area contributed by atoms with Crippen molar-refractivity contribution in [3.05, 3.63) is 59.2 Å². The van der Waals surface area contributed by atoms with E-state index in [2.05, 4.69) is 53.6 Å². The molecule has 3 rings (SSSR count). The molecule has 7 heteroatoms. The number of nitrogens with one attached hydrogen (secondary N) is 1. The summed E-state index contributed by atoms with van der Waals surface area (Å²) in [6.45, 7) is 5.92. The summed E-state index contributed by atoms with van der Waals surface area (Å²) in [5.41, 5.74) is 3.95. The molecule has 0 aliphatic heterocycles. The molecule has 0 atom stereocenters. The molecule has 0 bridgehead atoms. The maximum atomic E-state index is 11.6. The first-order valence-corrected chi connectivity index (χ1v) is 10.8. The molecule has 2 aromatic carbocycles. The fourth-order valence-electron chi connectivity index (χ4n) is 2.64. The Morgan fingerprint density at radius 1 is 1.18 bits per heavy atom. The van der Waals surface area contributed by atoms with Crippen molar-refractivity contribution in [2.45, 2.75) is 36.8 Å². The number of ketones is 1. The van der Waals surface area contributed by atoms with Gasteiger partial charge in [-0.2, -0.15) is 0 Å². The number of methoxy groups -OCH3 is 1. The first-order chi connectivity index (χ1) is 13.5. The molecule has 0 saturated heterocycles. The van der Waals surface area contributed by atoms with Gasteiger partial charge >= 0.3 is 0 Å². The smallest absolute Gasteiger partial charge is 0.210 e. The highest BCUT2D eigenvalue weighted by Crippen LogP contribution is 2.33. The van der Waals surface area contributed by atoms with Crippen LogP contribution < -0.4 is 10.1 Å². The highest BCUT2D eigenvalue weighted by Gasteiger charge is 2.11. The molecule has 0 saturated carbocycles. The first-order valence-electron chi connectivity index (χ1n) is 8.97. The summed E-state index contributed by atoms with van der Waals surface area (Å²) in [5, 5.41) is 12.5. The van der Waals surface area contributed by atoms with E-state index in [-0.39, 0.29) is 5.78 Å². The van der Waals surface area contributed by atoms with Crippen LogP contribution in [0.2, 0.25) is 0 Å². The van der Waals surface area contributed by atoms with Crippen LogP contribution in [0.5, 0.6) is 5.75 Å². The van der Waals surface area contributed by atoms with Crippen LogP contribution in [0.3, 0.4) is 0 Å². The van der Waals surface area contributed by atoms with E-state index in [1.807, 2.05) is 12.1 Å². The van der Waals surface area contributed by atoms with Gasteiger partial charge in [0.2, 0.25) is 5.13 Å². The van der Waals surface area contributed by atoms with Gasteiger partial charge in [0.15, 0.2) is 10.1 Å². The van der Waals surface area contributed by atoms with Crippen LogP contribution in [0, 0.1) is 0 Å². The Labute approximate surface area is 173 Å². The minimum absolute atomic E-state index is 0.0415. The van der Waals surface area contributed by atoms with Crippen LogP contribution in [-0.4, -0.2) is 23.1 Å². The van der Waals surface area contributed by atoms with Crippen molar-refractivity contribution in [1.82, 2.24) is 10.2 Å². The van der Waals surface area contributed by atoms with Crippen molar-refractivity contribution in [3.8, 4) is 5.75 Å². The van der Waals surface area contributed by atoms with E-state index in [4.69, 9.17) is 4.74 Å². The number of benzene rings is 2. The molecule has 0 unspecified atom stereocenters. The van der Waals surface area contributed by atoms with Gasteiger partial charge in [-0.05, 0) is 48.7 Å². The maximum absolute atomic E-state index is 11.6. The molecule has 1 N–H and O–H groups in total. The number of aromatic nitrogens is 2. The Balaban J connectivity index is 1.65. The van der Waals surface area contributed by atoms with Crippen molar-refractivity contribution in [1.29, 1.82) is 0 Å². The number of hydrogen-bond acceptors (Lipinski definition) is 7. The monoisotopic (exact) mass is 413 g/mol. The minimum Gasteiger partial charge on any atom is -0.496 e. The SMILES string of the molecule is COc1ccc(C(C)=O)cc1CSc1nnc(Nc2ccc(C(C)C)cc2)s1. The van der Waals surface area contributed by atoms with Gasteiger partial charge in [0.1, 0.15) is 5.75 Å². The first kappa shape index (κ1) is 20.4. The highest BCUT2D eigenvalue weighted by molar-refractivity contribution is 8.00. The van der Waals surface area contributed by atoms with Gasteiger partial charge < -0.3 is 10.1 Å². The molecular formula is C21H23N3O2S2. The third-order valence-corrected chi connectivity index (χ3v) is 6.29. The van der Waals surface area contributed by atoms with Gasteiger partial charge in [-0.25, -0.2) is 0 Å². The summed E-state index contributed by atoms with van der Waals surface area (Å²) in [6, 6.07) is 13.9. The number of carbonyl (C=O) groups excluding carboxylic acids is 1. The fourth-order valence-corrected chi connectivity index (χ4v) is 4.39. The van der Waals surface area contributed by atoms with Gasteiger partial charge in [0, 0.05) is 22.6 Å². The topological polar surface area (TPSA) is 64.1 Å². The van der Waals surface area contributed by atoms with Crippen molar-refractivity contribution >= 4 is 39.7 Å². The molecule has 146 valence electrons. The Kier molecular flexibility index (Phi) is 6.70. The second-order valence-corrected chi connectivity index (χ2v) is 8.85. The molecule has 0 radical (unpaired) electrons. The second kappa shape index (κ2) is 9.21. The molecule has 1 aromatic heterocycles. The summed E-state index contributed by atoms with van der Waals surface area (Å²) in [4.78, 5) is 11.6. The lowest BCUT2D eigenvalue weighted by Gasteiger charge is -2.08. The Morgan fingerprint density at radius 2 is 1.93 bits per heavy atom. The van der Waals surface area contributed by atoms with Crippen molar-refractivity contribution < 1.29 is 9.53 Å². The van der Waals surface area contributed by atoms with E-state index in [1.54, 1.807) is 31.9 Å². The number of anilines is 2. The van der Waals surface area contributed by atoms with Crippen LogP contribution in [0.1, 0.15) is 48.2 Å². The molecular weight excluding hydrogens is 390 g/mol. The molecule has 0 aliphatic carbocycles. The van der Waals surface area contributed by atoms with Crippen LogP contribution in [-0.2, 0) is 5.75 Å². The van der Waals surface area contributed by atoms with E-state index >= 15 is 0 Å². The number of nitrogens with zero attached hydrogens (tertiary/aromatic N) is 2. The third kappa shape index (κ3) is 5.11. The summed E-state index contributed by atoms with van der Waals surface area (Å²) < 4.78 is 6.27. The standard InChI is InChI=1S/C21H23N3O2S2/c1-13(2)15-5-8-18(9-6-15)22-20-23-24-21(28-20)27-12-17-11-16(14(3)25)7-10-19(17)26-4/h5-11,13H,12H2,1-4H3,(H,22,23). The zero-order valence-corrected chi connectivity index (χ0v) is 18.0. The van der Waals surface area contributed by atoms with E-state index in [0.717, 1.165) is 26.5 Å². The molecule has 5 nitrogen and oxygen atoms in total. The number of hydrogen-bond donors (Lipinski definition) is 1. The van der Waals surface area contributed by atoms with Crippen molar-refractivity contribution in [3.63, 3.8) is 0 Å². The van der Waals surface area contributed by atoms with Crippen LogP contribution in [0.15, 0.2) is 46.8 Å². The average Bonchev–Trinajstić information content (AvgIpc) is 3.13. The summed E-state index contributed by atoms with van der Waals surface area (Å²) in [7, 11) is 1.63. The molecule has 0 fully saturated rings. The lowest BCUT2D eigenvalue weighted by molar-refractivity contribution is 0.101. The number of rotatable bonds is 8. The van der Waals surface area contributed by atoms with Gasteiger partial charge in [0.05, 0.1) is 7.11 Å². The molecule has 3 aromatic rings. The zero-order chi connectivity index (χ0) is 20.1. The molecule has 1 heterocycles. The van der Waals surface area contributed by atoms with Crippen molar-refractivity contribution in [2.24, 2.45) is 0 Å². The van der Waals surface area contributed by atoms with Gasteiger partial charge in [-0.1, -0.05) is 49.1 Å². The van der Waals surface area contributed by atoms with Crippen LogP contribution in [0.4, 0.5) is 10.8 Å². The minimum atomic E-state index is 0.0415. The quantitative estimate of drug-likeness (QED) is 0.366. The molecule has 28 heavy (non-hydrogen) atoms. The lowest BCUT2D eigenvalue weighted by atomic mass is 10.0. The number of Topliss-reactive ketones (excluding diaryl/α,β-unsaturated/α-hetero) is 1. The van der Waals surface area contributed by atoms with Crippen LogP contribution >= 0.6 is 23.1 Å². The summed E-state index contributed by atoms with van der Waals surface area (Å²) in [6.07, 6.45) is 0. The Bertz CT molecular complexity index is 953. The van der Waals surface area contributed by atoms with E-state index in [0.29, 0.717) is 17.2 Å². The second-order valence-electron chi connectivity index (χ2n) is 6.65. The van der Waals surface area contributed by atoms with E-state index in [9.17, 15) is 4.79 Å². The zero-order valence-electron chi connectivity index (χ0n) is 16.4. The van der Waals surface area contributed by atoms with Gasteiger partial charge in [-0.3, -0.25) is 4.79 Å². The summed E-state index contributed by atoms with van der Waals surface area (Å²) in [5.74, 6) is 1.98. The van der Waals surface area contributed by atoms with Gasteiger partial charge in [-0.15, -0.1) is 10.2 Å². The molecule has 0 amide bonds. The third-order valence-electron chi connectivity index (χ3n) is 4.27. The number of carbonyl (C=O) groups is 1. The average molecular weight is 414 g/mol. The van der Waals surface area contributed by atoms with E-state index in [1.165, 1.54) is 16.9 Å². The van der Waals surface area contributed by atoms with E-state index < -0.39 is 0 Å². The predicted octanol–water partition coefficient (Wildman–Crippen LogP) is 5.91. The maximum Gasteiger partial charge on any atom is 0.210 e. The largest absolute Gasteiger partial charge is 0.496 e. The normalized spacial score (nSPS) is 10.9. The van der Waals surface area contributed by atoms with Crippen LogP contribution in [0.25, 0.3) is 0 Å². The Hall–Kier alpha value is -2.38. The fraction of sp³-hybridized carbons (Fsp3) is 0.286. The Morgan fingerprint density at radius 3 is 2.57 bits per heavy atom. The molecule has 0 spiro atoms. The number of ether oxygens (including phenoxy) is 1. The van der Waals surface area contributed by atoms with Crippen molar-refractivity contribution in [2.75, 3.05) is 12.4 Å². The lowest BCUT2D eigenvalue weighted by Crippen LogP contribution is -1.96.